The number of nitrogens with zero attached hydrogens (tertiary/aromatic N) is 1. The molecule has 0 aromatic heterocycles. The molecule has 2 saturated heterocycles. The summed E-state index contributed by atoms with van der Waals surface area (Å²) < 4.78 is 0. The van der Waals surface area contributed by atoms with Crippen LogP contribution in [0.25, 0.3) is 0 Å². The highest BCUT2D eigenvalue weighted by molar-refractivity contribution is 7.99. The SMILES string of the molecule is C[C@@H]1CCCN(Cc2ccccc2CNC(=O)[C@H]2CSCN2)C1. The minimum atomic E-state index is -0.0323. The van der Waals surface area contributed by atoms with Crippen molar-refractivity contribution in [1.82, 2.24) is 15.5 Å². The molecule has 0 unspecified atom stereocenters. The zero-order chi connectivity index (χ0) is 16.1. The summed E-state index contributed by atoms with van der Waals surface area (Å²) >= 11 is 1.78. The third-order valence-electron chi connectivity index (χ3n) is 4.74. The highest BCUT2D eigenvalue weighted by atomic mass is 32.2. The number of piperidine rings is 1. The minimum Gasteiger partial charge on any atom is -0.351 e. The highest BCUT2D eigenvalue weighted by Gasteiger charge is 2.22. The minimum absolute atomic E-state index is 0.0323. The molecule has 1 aromatic rings. The maximum Gasteiger partial charge on any atom is 0.238 e. The van der Waals surface area contributed by atoms with Gasteiger partial charge in [0.25, 0.3) is 0 Å². The number of amides is 1. The molecule has 5 heteroatoms. The van der Waals surface area contributed by atoms with E-state index < -0.39 is 0 Å². The average Bonchev–Trinajstić information content (AvgIpc) is 3.08. The predicted molar refractivity (Wildman–Crippen MR) is 96.2 cm³/mol. The molecular formula is C18H27N3OS. The molecule has 1 amide bonds. The van der Waals surface area contributed by atoms with Crippen LogP contribution < -0.4 is 10.6 Å². The Morgan fingerprint density at radius 3 is 2.96 bits per heavy atom. The second-order valence-corrected chi connectivity index (χ2v) is 7.77. The molecule has 2 atom stereocenters. The molecule has 0 bridgehead atoms. The lowest BCUT2D eigenvalue weighted by Crippen LogP contribution is -2.41. The molecule has 0 spiro atoms. The van der Waals surface area contributed by atoms with Crippen molar-refractivity contribution < 1.29 is 4.79 Å². The summed E-state index contributed by atoms with van der Waals surface area (Å²) in [6, 6.07) is 8.47. The van der Waals surface area contributed by atoms with Crippen LogP contribution in [-0.2, 0) is 17.9 Å². The normalized spacial score (nSPS) is 25.4. The van der Waals surface area contributed by atoms with E-state index in [4.69, 9.17) is 0 Å². The van der Waals surface area contributed by atoms with Crippen LogP contribution >= 0.6 is 11.8 Å². The summed E-state index contributed by atoms with van der Waals surface area (Å²) in [7, 11) is 0. The van der Waals surface area contributed by atoms with Gasteiger partial charge in [0.15, 0.2) is 0 Å². The van der Waals surface area contributed by atoms with Crippen LogP contribution in [0, 0.1) is 5.92 Å². The van der Waals surface area contributed by atoms with E-state index >= 15 is 0 Å². The number of hydrogen-bond donors (Lipinski definition) is 2. The van der Waals surface area contributed by atoms with Gasteiger partial charge >= 0.3 is 0 Å². The monoisotopic (exact) mass is 333 g/mol. The number of hydrogen-bond acceptors (Lipinski definition) is 4. The first kappa shape index (κ1) is 16.8. The average molecular weight is 334 g/mol. The van der Waals surface area contributed by atoms with Gasteiger partial charge in [-0.25, -0.2) is 0 Å². The van der Waals surface area contributed by atoms with Crippen molar-refractivity contribution in [2.75, 3.05) is 24.7 Å². The van der Waals surface area contributed by atoms with Crippen LogP contribution in [0.5, 0.6) is 0 Å². The van der Waals surface area contributed by atoms with E-state index in [0.717, 1.165) is 24.1 Å². The van der Waals surface area contributed by atoms with E-state index in [9.17, 15) is 4.79 Å². The first-order chi connectivity index (χ1) is 11.2. The van der Waals surface area contributed by atoms with E-state index in [1.165, 1.54) is 37.1 Å². The van der Waals surface area contributed by atoms with Crippen LogP contribution in [0.1, 0.15) is 30.9 Å². The second kappa shape index (κ2) is 8.18. The van der Waals surface area contributed by atoms with Gasteiger partial charge in [-0.05, 0) is 36.4 Å². The zero-order valence-corrected chi connectivity index (χ0v) is 14.7. The van der Waals surface area contributed by atoms with Crippen LogP contribution in [0.3, 0.4) is 0 Å². The summed E-state index contributed by atoms with van der Waals surface area (Å²) in [5, 5.41) is 6.31. The first-order valence-corrected chi connectivity index (χ1v) is 9.76. The smallest absolute Gasteiger partial charge is 0.238 e. The molecule has 126 valence electrons. The van der Waals surface area contributed by atoms with Gasteiger partial charge in [0, 0.05) is 31.3 Å². The molecule has 1 aromatic carbocycles. The molecule has 2 heterocycles. The maximum absolute atomic E-state index is 12.2. The molecule has 4 nitrogen and oxygen atoms in total. The molecule has 0 saturated carbocycles. The number of carbonyl (C=O) groups excluding carboxylic acids is 1. The van der Waals surface area contributed by atoms with Crippen molar-refractivity contribution in [3.63, 3.8) is 0 Å². The van der Waals surface area contributed by atoms with Crippen molar-refractivity contribution in [1.29, 1.82) is 0 Å². The lowest BCUT2D eigenvalue weighted by Gasteiger charge is -2.31. The number of rotatable bonds is 5. The fourth-order valence-electron chi connectivity index (χ4n) is 3.42. The maximum atomic E-state index is 12.2. The number of thioether (sulfide) groups is 1. The van der Waals surface area contributed by atoms with Crippen LogP contribution in [0.2, 0.25) is 0 Å². The Labute approximate surface area is 143 Å². The van der Waals surface area contributed by atoms with E-state index in [2.05, 4.69) is 46.7 Å². The Balaban J connectivity index is 1.57. The largest absolute Gasteiger partial charge is 0.351 e. The lowest BCUT2D eigenvalue weighted by molar-refractivity contribution is -0.122. The van der Waals surface area contributed by atoms with E-state index in [1.807, 2.05) is 0 Å². The van der Waals surface area contributed by atoms with Crippen LogP contribution in [0.4, 0.5) is 0 Å². The fourth-order valence-corrected chi connectivity index (χ4v) is 4.37. The third-order valence-corrected chi connectivity index (χ3v) is 5.68. The summed E-state index contributed by atoms with van der Waals surface area (Å²) in [4.78, 5) is 14.7. The second-order valence-electron chi connectivity index (χ2n) is 6.74. The third kappa shape index (κ3) is 4.72. The van der Waals surface area contributed by atoms with Gasteiger partial charge in [0.1, 0.15) is 0 Å². The van der Waals surface area contributed by atoms with Gasteiger partial charge in [0.2, 0.25) is 5.91 Å². The Morgan fingerprint density at radius 1 is 1.39 bits per heavy atom. The van der Waals surface area contributed by atoms with Crippen molar-refractivity contribution in [3.8, 4) is 0 Å². The molecule has 0 aliphatic carbocycles. The van der Waals surface area contributed by atoms with Gasteiger partial charge in [-0.2, -0.15) is 0 Å². The molecule has 2 fully saturated rings. The molecule has 0 radical (unpaired) electrons. The number of nitrogens with one attached hydrogen (secondary N) is 2. The number of likely N-dealkylation sites (tertiary alicyclic amines) is 1. The van der Waals surface area contributed by atoms with E-state index in [0.29, 0.717) is 6.54 Å². The Kier molecular flexibility index (Phi) is 5.97. The van der Waals surface area contributed by atoms with Crippen molar-refractivity contribution in [2.24, 2.45) is 5.92 Å². The fraction of sp³-hybridized carbons (Fsp3) is 0.611. The molecule has 23 heavy (non-hydrogen) atoms. The van der Waals surface area contributed by atoms with Gasteiger partial charge in [0.05, 0.1) is 6.04 Å². The highest BCUT2D eigenvalue weighted by Crippen LogP contribution is 2.19. The van der Waals surface area contributed by atoms with Gasteiger partial charge in [-0.15, -0.1) is 11.8 Å². The van der Waals surface area contributed by atoms with Gasteiger partial charge in [-0.3, -0.25) is 15.0 Å². The Hall–Kier alpha value is -1.04. The van der Waals surface area contributed by atoms with Gasteiger partial charge < -0.3 is 5.32 Å². The molecular weight excluding hydrogens is 306 g/mol. The predicted octanol–water partition coefficient (Wildman–Crippen LogP) is 2.20. The summed E-state index contributed by atoms with van der Waals surface area (Å²) in [6.07, 6.45) is 2.64. The number of carbonyl (C=O) groups is 1. The number of benzene rings is 1. The Bertz CT molecular complexity index is 531. The van der Waals surface area contributed by atoms with Crippen LogP contribution in [0.15, 0.2) is 24.3 Å². The first-order valence-electron chi connectivity index (χ1n) is 8.60. The summed E-state index contributed by atoms with van der Waals surface area (Å²) in [5.41, 5.74) is 2.58. The standard InChI is InChI=1S/C18H27N3OS/c1-14-5-4-8-21(10-14)11-16-7-3-2-6-15(16)9-19-18(22)17-12-23-13-20-17/h2-3,6-7,14,17,20H,4-5,8-13H2,1H3,(H,19,22)/t14-,17-/m1/s1. The molecule has 3 rings (SSSR count). The summed E-state index contributed by atoms with van der Waals surface area (Å²) in [6.45, 7) is 6.33. The van der Waals surface area contributed by atoms with Crippen molar-refractivity contribution in [2.45, 2.75) is 38.9 Å². The quantitative estimate of drug-likeness (QED) is 0.867. The van der Waals surface area contributed by atoms with E-state index in [-0.39, 0.29) is 11.9 Å². The topological polar surface area (TPSA) is 44.4 Å². The lowest BCUT2D eigenvalue weighted by atomic mass is 9.99. The summed E-state index contributed by atoms with van der Waals surface area (Å²) in [5.74, 6) is 2.67. The molecule has 2 aliphatic rings. The van der Waals surface area contributed by atoms with Crippen molar-refractivity contribution >= 4 is 17.7 Å². The van der Waals surface area contributed by atoms with Crippen molar-refractivity contribution in [3.05, 3.63) is 35.4 Å². The van der Waals surface area contributed by atoms with E-state index in [1.54, 1.807) is 11.8 Å². The molecule has 2 aliphatic heterocycles. The Morgan fingerprint density at radius 2 is 2.22 bits per heavy atom. The van der Waals surface area contributed by atoms with Gasteiger partial charge in [-0.1, -0.05) is 31.2 Å². The zero-order valence-electron chi connectivity index (χ0n) is 13.9. The molecule has 2 N–H and O–H groups in total. The van der Waals surface area contributed by atoms with Crippen LogP contribution in [-0.4, -0.2) is 41.6 Å².